The Hall–Kier alpha value is -2.39. The first-order valence-electron chi connectivity index (χ1n) is 11.7. The number of fused-ring (bicyclic) bond motifs is 1. The summed E-state index contributed by atoms with van der Waals surface area (Å²) in [4.78, 5) is 32.4. The number of amides is 1. The summed E-state index contributed by atoms with van der Waals surface area (Å²) in [6.07, 6.45) is -3.87. The van der Waals surface area contributed by atoms with E-state index in [1.807, 2.05) is 0 Å². The molecular formula is C23H28Cl2F6N6O2. The summed E-state index contributed by atoms with van der Waals surface area (Å²) in [5.41, 5.74) is 11.2. The lowest BCUT2D eigenvalue weighted by Gasteiger charge is -2.32. The molecule has 218 valence electrons. The lowest BCUT2D eigenvalue weighted by molar-refractivity contribution is -0.148. The van der Waals surface area contributed by atoms with Crippen LogP contribution in [0.5, 0.6) is 0 Å². The molecule has 2 aromatic rings. The quantitative estimate of drug-likeness (QED) is 0.387. The van der Waals surface area contributed by atoms with Crippen molar-refractivity contribution >= 4 is 36.5 Å². The van der Waals surface area contributed by atoms with Gasteiger partial charge in [-0.05, 0) is 30.9 Å². The van der Waals surface area contributed by atoms with Crippen molar-refractivity contribution in [1.82, 2.24) is 19.4 Å². The molecule has 2 atom stereocenters. The highest BCUT2D eigenvalue weighted by Crippen LogP contribution is 2.33. The van der Waals surface area contributed by atoms with E-state index in [2.05, 4.69) is 4.98 Å². The van der Waals surface area contributed by atoms with E-state index in [1.54, 1.807) is 0 Å². The number of alkyl halides is 3. The predicted molar refractivity (Wildman–Crippen MR) is 133 cm³/mol. The minimum atomic E-state index is -4.79. The maximum Gasteiger partial charge on any atom is 0.449 e. The van der Waals surface area contributed by atoms with Crippen molar-refractivity contribution < 1.29 is 35.9 Å². The fourth-order valence-electron chi connectivity index (χ4n) is 4.70. The normalized spacial score (nSPS) is 18.6. The minimum Gasteiger partial charge on any atom is -0.336 e. The molecule has 1 unspecified atom stereocenters. The Kier molecular flexibility index (Phi) is 10.8. The number of carbonyl (C=O) groups is 2. The van der Waals surface area contributed by atoms with Crippen LogP contribution >= 0.6 is 24.8 Å². The molecule has 8 nitrogen and oxygen atoms in total. The van der Waals surface area contributed by atoms with Gasteiger partial charge in [0.05, 0.1) is 18.3 Å². The summed E-state index contributed by atoms with van der Waals surface area (Å²) in [7, 11) is 0. The summed E-state index contributed by atoms with van der Waals surface area (Å²) >= 11 is 0. The summed E-state index contributed by atoms with van der Waals surface area (Å²) < 4.78 is 82.5. The predicted octanol–water partition coefficient (Wildman–Crippen LogP) is 2.68. The molecule has 39 heavy (non-hydrogen) atoms. The van der Waals surface area contributed by atoms with Gasteiger partial charge in [-0.25, -0.2) is 18.2 Å². The number of imidazole rings is 1. The number of Topliss-reactive ketones (excluding diaryl/α,β-unsaturated/α-hetero) is 1. The number of rotatable bonds is 6. The third-order valence-electron chi connectivity index (χ3n) is 6.61. The van der Waals surface area contributed by atoms with Gasteiger partial charge in [0.1, 0.15) is 5.82 Å². The molecule has 0 spiro atoms. The van der Waals surface area contributed by atoms with E-state index in [4.69, 9.17) is 11.5 Å². The van der Waals surface area contributed by atoms with Crippen LogP contribution in [0.3, 0.4) is 0 Å². The Morgan fingerprint density at radius 3 is 2.36 bits per heavy atom. The molecule has 1 fully saturated rings. The number of piperidine rings is 1. The second-order valence-electron chi connectivity index (χ2n) is 9.38. The van der Waals surface area contributed by atoms with Crippen molar-refractivity contribution in [2.75, 3.05) is 26.2 Å². The van der Waals surface area contributed by atoms with Crippen molar-refractivity contribution in [3.05, 3.63) is 52.4 Å². The first kappa shape index (κ1) is 32.8. The van der Waals surface area contributed by atoms with E-state index in [0.29, 0.717) is 31.5 Å². The smallest absolute Gasteiger partial charge is 0.336 e. The van der Waals surface area contributed by atoms with Gasteiger partial charge in [-0.15, -0.1) is 24.8 Å². The number of aromatic nitrogens is 2. The van der Waals surface area contributed by atoms with Crippen molar-refractivity contribution in [3.8, 4) is 0 Å². The fraction of sp³-hybridized carbons (Fsp3) is 0.522. The first-order valence-corrected chi connectivity index (χ1v) is 11.7. The van der Waals surface area contributed by atoms with Gasteiger partial charge in [0.2, 0.25) is 5.82 Å². The van der Waals surface area contributed by atoms with Gasteiger partial charge in [0.25, 0.3) is 5.91 Å². The summed E-state index contributed by atoms with van der Waals surface area (Å²) in [6.45, 7) is -0.0813. The fourth-order valence-corrected chi connectivity index (χ4v) is 4.70. The third kappa shape index (κ3) is 7.23. The molecule has 1 saturated heterocycles. The molecule has 0 radical (unpaired) electrons. The molecule has 1 aromatic heterocycles. The highest BCUT2D eigenvalue weighted by Gasteiger charge is 2.42. The zero-order valence-corrected chi connectivity index (χ0v) is 22.2. The molecule has 0 saturated carbocycles. The van der Waals surface area contributed by atoms with E-state index in [-0.39, 0.29) is 80.5 Å². The maximum absolute atomic E-state index is 13.9. The van der Waals surface area contributed by atoms with Crippen LogP contribution in [0.4, 0.5) is 26.3 Å². The Morgan fingerprint density at radius 1 is 1.05 bits per heavy atom. The molecule has 4 rings (SSSR count). The number of benzene rings is 1. The van der Waals surface area contributed by atoms with Crippen molar-refractivity contribution in [3.63, 3.8) is 0 Å². The summed E-state index contributed by atoms with van der Waals surface area (Å²) in [6, 6.07) is -0.568. The average Bonchev–Trinajstić information content (AvgIpc) is 3.21. The lowest BCUT2D eigenvalue weighted by atomic mass is 10.0. The Labute approximate surface area is 232 Å². The van der Waals surface area contributed by atoms with Crippen LogP contribution in [0.1, 0.15) is 40.4 Å². The number of hydrogen-bond acceptors (Lipinski definition) is 6. The van der Waals surface area contributed by atoms with Crippen LogP contribution in [0, 0.1) is 17.5 Å². The highest BCUT2D eigenvalue weighted by molar-refractivity contribution is 5.94. The molecule has 2 aliphatic heterocycles. The Morgan fingerprint density at radius 2 is 1.72 bits per heavy atom. The molecule has 2 aliphatic rings. The van der Waals surface area contributed by atoms with E-state index >= 15 is 0 Å². The molecule has 4 N–H and O–H groups in total. The monoisotopic (exact) mass is 604 g/mol. The number of hydrogen-bond donors (Lipinski definition) is 2. The SMILES string of the molecule is Cl.Cl.NC1CCCN(C(=O)c2nc(C(F)(F)F)n3c2CN(CC(=O)[C@H](N)Cc2cc(F)c(F)cc2F)CC3)C1. The second-order valence-corrected chi connectivity index (χ2v) is 9.38. The van der Waals surface area contributed by atoms with Gasteiger partial charge in [0, 0.05) is 44.8 Å². The molecular weight excluding hydrogens is 577 g/mol. The highest BCUT2D eigenvalue weighted by atomic mass is 35.5. The van der Waals surface area contributed by atoms with Crippen LogP contribution in [-0.4, -0.2) is 69.3 Å². The van der Waals surface area contributed by atoms with E-state index < -0.39 is 53.6 Å². The Bertz CT molecular complexity index is 1210. The van der Waals surface area contributed by atoms with E-state index in [0.717, 1.165) is 4.57 Å². The van der Waals surface area contributed by atoms with Crippen molar-refractivity contribution in [2.24, 2.45) is 11.5 Å². The molecule has 1 aromatic carbocycles. The van der Waals surface area contributed by atoms with Crippen molar-refractivity contribution in [2.45, 2.75) is 50.6 Å². The maximum atomic E-state index is 13.9. The van der Waals surface area contributed by atoms with Crippen molar-refractivity contribution in [1.29, 1.82) is 0 Å². The van der Waals surface area contributed by atoms with Crippen LogP contribution in [-0.2, 0) is 30.5 Å². The molecule has 1 amide bonds. The van der Waals surface area contributed by atoms with Gasteiger partial charge in [-0.3, -0.25) is 14.5 Å². The minimum absolute atomic E-state index is 0. The lowest BCUT2D eigenvalue weighted by Crippen LogP contribution is -2.47. The summed E-state index contributed by atoms with van der Waals surface area (Å²) in [5.74, 6) is -6.14. The topological polar surface area (TPSA) is 110 Å². The van der Waals surface area contributed by atoms with E-state index in [9.17, 15) is 35.9 Å². The molecule has 16 heteroatoms. The number of halogens is 8. The van der Waals surface area contributed by atoms with Gasteiger partial charge < -0.3 is 20.9 Å². The zero-order chi connectivity index (χ0) is 27.1. The van der Waals surface area contributed by atoms with Gasteiger partial charge in [-0.1, -0.05) is 0 Å². The first-order chi connectivity index (χ1) is 17.3. The van der Waals surface area contributed by atoms with Gasteiger partial charge in [0.15, 0.2) is 23.1 Å². The number of likely N-dealkylation sites (tertiary alicyclic amines) is 1. The van der Waals surface area contributed by atoms with Crippen LogP contribution in [0.2, 0.25) is 0 Å². The van der Waals surface area contributed by atoms with Crippen LogP contribution < -0.4 is 11.5 Å². The molecule has 3 heterocycles. The third-order valence-corrected chi connectivity index (χ3v) is 6.61. The second kappa shape index (κ2) is 12.9. The molecule has 0 aliphatic carbocycles. The number of nitrogens with zero attached hydrogens (tertiary/aromatic N) is 4. The average molecular weight is 605 g/mol. The van der Waals surface area contributed by atoms with Gasteiger partial charge >= 0.3 is 6.18 Å². The van der Waals surface area contributed by atoms with E-state index in [1.165, 1.54) is 9.80 Å². The largest absolute Gasteiger partial charge is 0.449 e. The number of carbonyl (C=O) groups excluding carboxylic acids is 2. The molecule has 0 bridgehead atoms. The summed E-state index contributed by atoms with van der Waals surface area (Å²) in [5, 5.41) is 0. The van der Waals surface area contributed by atoms with Crippen LogP contribution in [0.25, 0.3) is 0 Å². The number of ketones is 1. The van der Waals surface area contributed by atoms with Gasteiger partial charge in [-0.2, -0.15) is 13.2 Å². The zero-order valence-electron chi connectivity index (χ0n) is 20.5. The number of nitrogens with two attached hydrogens (primary N) is 2. The standard InChI is InChI=1S/C23H26F6N6O2.2ClH/c24-14-8-16(26)15(25)6-12(14)7-17(31)19(36)11-33-4-5-35-18(10-33)20(32-22(35)23(27,28)29)21(37)34-3-1-2-13(30)9-34;;/h6,8,13,17H,1-5,7,9-11,30-31H2;2*1H/t13?,17-;;/m1../s1. The van der Waals surface area contributed by atoms with Crippen LogP contribution in [0.15, 0.2) is 12.1 Å². The Balaban J connectivity index is 0.00000267.